The average Bonchev–Trinajstić information content (AvgIpc) is 2.33. The molecule has 0 amide bonds. The Morgan fingerprint density at radius 2 is 2.21 bits per heavy atom. The number of sulfonamides is 1. The number of piperidine rings is 1. The van der Waals surface area contributed by atoms with Crippen LogP contribution in [0.3, 0.4) is 0 Å². The normalized spacial score (nSPS) is 20.2. The molecule has 1 aliphatic rings. The van der Waals surface area contributed by atoms with Gasteiger partial charge < -0.3 is 5.32 Å². The number of nitrogens with one attached hydrogen (secondary N) is 2. The summed E-state index contributed by atoms with van der Waals surface area (Å²) in [6.45, 7) is 0.840. The minimum Gasteiger partial charge on any atom is -0.313 e. The van der Waals surface area contributed by atoms with Crippen LogP contribution in [0.4, 0.5) is 10.1 Å². The summed E-state index contributed by atoms with van der Waals surface area (Å²) in [6.07, 6.45) is 2.94. The van der Waals surface area contributed by atoms with Gasteiger partial charge in [0.05, 0.1) is 11.4 Å². The van der Waals surface area contributed by atoms with E-state index in [1.165, 1.54) is 12.1 Å². The average molecular weight is 351 g/mol. The van der Waals surface area contributed by atoms with Gasteiger partial charge >= 0.3 is 0 Å². The lowest BCUT2D eigenvalue weighted by Gasteiger charge is -2.23. The van der Waals surface area contributed by atoms with Crippen LogP contribution in [-0.2, 0) is 10.0 Å². The molecule has 0 aromatic heterocycles. The number of hydrogen-bond acceptors (Lipinski definition) is 3. The maximum absolute atomic E-state index is 13.6. The third-order valence-electron chi connectivity index (χ3n) is 3.03. The summed E-state index contributed by atoms with van der Waals surface area (Å²) in [5.74, 6) is -0.614. The largest absolute Gasteiger partial charge is 0.313 e. The zero-order chi connectivity index (χ0) is 13.9. The van der Waals surface area contributed by atoms with Crippen molar-refractivity contribution in [2.24, 2.45) is 0 Å². The minimum atomic E-state index is -3.54. The van der Waals surface area contributed by atoms with Gasteiger partial charge in [0.1, 0.15) is 5.82 Å². The molecule has 1 heterocycles. The highest BCUT2D eigenvalue weighted by atomic mass is 79.9. The molecule has 2 N–H and O–H groups in total. The molecule has 19 heavy (non-hydrogen) atoms. The molecule has 2 rings (SSSR count). The van der Waals surface area contributed by atoms with Crippen LogP contribution in [0.5, 0.6) is 0 Å². The van der Waals surface area contributed by atoms with Crippen LogP contribution in [0.25, 0.3) is 0 Å². The summed E-state index contributed by atoms with van der Waals surface area (Å²) in [5, 5.41) is 3.16. The fourth-order valence-electron chi connectivity index (χ4n) is 2.11. The van der Waals surface area contributed by atoms with Gasteiger partial charge in [-0.05, 0) is 37.6 Å². The molecule has 106 valence electrons. The molecular weight excluding hydrogens is 335 g/mol. The fourth-order valence-corrected chi connectivity index (χ4v) is 3.84. The zero-order valence-corrected chi connectivity index (χ0v) is 12.7. The van der Waals surface area contributed by atoms with E-state index in [9.17, 15) is 12.8 Å². The molecule has 0 aliphatic carbocycles. The first-order chi connectivity index (χ1) is 8.96. The van der Waals surface area contributed by atoms with Gasteiger partial charge in [-0.2, -0.15) is 0 Å². The van der Waals surface area contributed by atoms with Crippen LogP contribution in [0.1, 0.15) is 19.3 Å². The first kappa shape index (κ1) is 14.7. The minimum absolute atomic E-state index is 0.0148. The first-order valence-electron chi connectivity index (χ1n) is 6.15. The first-order valence-corrected chi connectivity index (χ1v) is 8.60. The van der Waals surface area contributed by atoms with Gasteiger partial charge in [-0.15, -0.1) is 0 Å². The summed E-state index contributed by atoms with van der Waals surface area (Å²) in [6, 6.07) is 4.19. The smallest absolute Gasteiger partial charge is 0.234 e. The summed E-state index contributed by atoms with van der Waals surface area (Å²) < 4.78 is 40.4. The van der Waals surface area contributed by atoms with E-state index in [4.69, 9.17) is 0 Å². The quantitative estimate of drug-likeness (QED) is 0.876. The van der Waals surface area contributed by atoms with Crippen molar-refractivity contribution in [1.29, 1.82) is 0 Å². The van der Waals surface area contributed by atoms with Gasteiger partial charge in [0, 0.05) is 10.5 Å². The number of hydrogen-bond donors (Lipinski definition) is 2. The van der Waals surface area contributed by atoms with Gasteiger partial charge in [0.2, 0.25) is 10.0 Å². The second-order valence-corrected chi connectivity index (χ2v) is 7.34. The van der Waals surface area contributed by atoms with Gasteiger partial charge in [-0.1, -0.05) is 22.4 Å². The standard InChI is InChI=1S/C12H16BrFN2O2S/c13-9-4-5-12(11(14)7-9)16-19(17,18)8-10-3-1-2-6-15-10/h4-5,7,10,15-16H,1-3,6,8H2. The zero-order valence-electron chi connectivity index (χ0n) is 10.3. The molecule has 4 nitrogen and oxygen atoms in total. The molecular formula is C12H16BrFN2O2S. The lowest BCUT2D eigenvalue weighted by atomic mass is 10.1. The van der Waals surface area contributed by atoms with E-state index in [-0.39, 0.29) is 17.5 Å². The summed E-state index contributed by atoms with van der Waals surface area (Å²) >= 11 is 3.13. The molecule has 7 heteroatoms. The molecule has 1 saturated heterocycles. The SMILES string of the molecule is O=S(=O)(CC1CCCCN1)Nc1ccc(Br)cc1F. The Hall–Kier alpha value is -0.660. The molecule has 1 fully saturated rings. The van der Waals surface area contributed by atoms with Gasteiger partial charge in [0.25, 0.3) is 0 Å². The van der Waals surface area contributed by atoms with Gasteiger partial charge in [-0.25, -0.2) is 12.8 Å². The third-order valence-corrected chi connectivity index (χ3v) is 4.89. The maximum atomic E-state index is 13.6. The topological polar surface area (TPSA) is 58.2 Å². The third kappa shape index (κ3) is 4.43. The van der Waals surface area contributed by atoms with Crippen molar-refractivity contribution in [2.75, 3.05) is 17.0 Å². The highest BCUT2D eigenvalue weighted by Gasteiger charge is 2.21. The van der Waals surface area contributed by atoms with Crippen LogP contribution >= 0.6 is 15.9 Å². The second kappa shape index (κ2) is 6.19. The Balaban J connectivity index is 2.03. The van der Waals surface area contributed by atoms with Crippen molar-refractivity contribution < 1.29 is 12.8 Å². The van der Waals surface area contributed by atoms with E-state index in [0.29, 0.717) is 4.47 Å². The van der Waals surface area contributed by atoms with E-state index in [1.807, 2.05) is 0 Å². The lowest BCUT2D eigenvalue weighted by Crippen LogP contribution is -2.40. The summed E-state index contributed by atoms with van der Waals surface area (Å²) in [7, 11) is -3.54. The highest BCUT2D eigenvalue weighted by Crippen LogP contribution is 2.21. The Kier molecular flexibility index (Phi) is 4.81. The molecule has 1 unspecified atom stereocenters. The van der Waals surface area contributed by atoms with E-state index in [1.54, 1.807) is 6.07 Å². The molecule has 0 spiro atoms. The highest BCUT2D eigenvalue weighted by molar-refractivity contribution is 9.10. The van der Waals surface area contributed by atoms with E-state index < -0.39 is 15.8 Å². The van der Waals surface area contributed by atoms with E-state index in [0.717, 1.165) is 25.8 Å². The molecule has 1 aliphatic heterocycles. The number of anilines is 1. The van der Waals surface area contributed by atoms with Crippen molar-refractivity contribution in [3.63, 3.8) is 0 Å². The fraction of sp³-hybridized carbons (Fsp3) is 0.500. The monoisotopic (exact) mass is 350 g/mol. The van der Waals surface area contributed by atoms with Crippen molar-refractivity contribution in [1.82, 2.24) is 5.32 Å². The van der Waals surface area contributed by atoms with Gasteiger partial charge in [0.15, 0.2) is 0 Å². The molecule has 1 aromatic carbocycles. The van der Waals surface area contributed by atoms with Crippen LogP contribution in [0, 0.1) is 5.82 Å². The Bertz CT molecular complexity index is 545. The molecule has 1 atom stereocenters. The predicted molar refractivity (Wildman–Crippen MR) is 77.2 cm³/mol. The number of rotatable bonds is 4. The summed E-state index contributed by atoms with van der Waals surface area (Å²) in [5.41, 5.74) is -0.0148. The second-order valence-electron chi connectivity index (χ2n) is 4.65. The van der Waals surface area contributed by atoms with Crippen molar-refractivity contribution in [2.45, 2.75) is 25.3 Å². The summed E-state index contributed by atoms with van der Waals surface area (Å²) in [4.78, 5) is 0. The van der Waals surface area contributed by atoms with Crippen molar-refractivity contribution >= 4 is 31.6 Å². The van der Waals surface area contributed by atoms with Crippen molar-refractivity contribution in [3.05, 3.63) is 28.5 Å². The number of halogens is 2. The van der Waals surface area contributed by atoms with Crippen LogP contribution < -0.4 is 10.0 Å². The lowest BCUT2D eigenvalue weighted by molar-refractivity contribution is 0.424. The molecule has 0 saturated carbocycles. The van der Waals surface area contributed by atoms with E-state index >= 15 is 0 Å². The van der Waals surface area contributed by atoms with Crippen LogP contribution in [0.2, 0.25) is 0 Å². The van der Waals surface area contributed by atoms with Crippen LogP contribution in [-0.4, -0.2) is 26.8 Å². The molecule has 0 bridgehead atoms. The molecule has 0 radical (unpaired) electrons. The van der Waals surface area contributed by atoms with Gasteiger partial charge in [-0.3, -0.25) is 4.72 Å². The Morgan fingerprint density at radius 3 is 2.84 bits per heavy atom. The van der Waals surface area contributed by atoms with E-state index in [2.05, 4.69) is 26.0 Å². The Morgan fingerprint density at radius 1 is 1.42 bits per heavy atom. The predicted octanol–water partition coefficient (Wildman–Crippen LogP) is 2.47. The van der Waals surface area contributed by atoms with Crippen molar-refractivity contribution in [3.8, 4) is 0 Å². The maximum Gasteiger partial charge on any atom is 0.234 e. The Labute approximate surface area is 121 Å². The molecule has 1 aromatic rings. The van der Waals surface area contributed by atoms with Crippen LogP contribution in [0.15, 0.2) is 22.7 Å². The number of benzene rings is 1.